The highest BCUT2D eigenvalue weighted by atomic mass is 17.2. The van der Waals surface area contributed by atoms with Crippen LogP contribution in [-0.2, 0) is 0 Å². The molecule has 0 unspecified atom stereocenters. The molecule has 0 atom stereocenters. The van der Waals surface area contributed by atoms with E-state index in [4.69, 9.17) is 20.7 Å². The van der Waals surface area contributed by atoms with Crippen molar-refractivity contribution in [2.45, 2.75) is 0 Å². The molecule has 0 amide bonds. The van der Waals surface area contributed by atoms with Gasteiger partial charge in [-0.15, -0.1) is 4.91 Å². The van der Waals surface area contributed by atoms with Crippen LogP contribution in [0.25, 0.3) is 0 Å². The zero-order valence-corrected chi connectivity index (χ0v) is 2.08. The summed E-state index contributed by atoms with van der Waals surface area (Å²) in [5.41, 5.74) is 5.75. The Hall–Kier alpha value is -1.00. The Morgan fingerprint density at radius 1 is 1.60 bits per heavy atom. The van der Waals surface area contributed by atoms with Gasteiger partial charge in [0.25, 0.3) is 0 Å². The van der Waals surface area contributed by atoms with Gasteiger partial charge in [-0.3, -0.25) is 0 Å². The third kappa shape index (κ3) is 3.00. The Balaban J connectivity index is 0. The summed E-state index contributed by atoms with van der Waals surface area (Å²) < 4.78 is 1.75. The van der Waals surface area contributed by atoms with Crippen LogP contribution in [0.1, 0.15) is 0 Å². The highest BCUT2D eigenvalue weighted by molar-refractivity contribution is 4.20. The van der Waals surface area contributed by atoms with E-state index < -0.39 is 0 Å². The molecule has 0 aliphatic rings. The third-order valence-electron chi connectivity index (χ3n) is 0. The van der Waals surface area contributed by atoms with Crippen molar-refractivity contribution in [1.82, 2.24) is 5.59 Å². The monoisotopic (exact) mass is 78.0 g/mol. The van der Waals surface area contributed by atoms with Gasteiger partial charge in [-0.1, -0.05) is 10.2 Å². The smallest absolute Gasteiger partial charge is 0.120 e. The lowest BCUT2D eigenvalue weighted by Gasteiger charge is -1.19. The first-order valence-corrected chi connectivity index (χ1v) is 0.516. The van der Waals surface area contributed by atoms with Gasteiger partial charge in [-0.2, -0.15) is 0 Å². The summed E-state index contributed by atoms with van der Waals surface area (Å²) in [6, 6.07) is 0. The van der Waals surface area contributed by atoms with Gasteiger partial charge in [0.15, 0.2) is 4.75 Å². The molecule has 0 aromatic carbocycles. The minimum absolute atomic E-state index is 1.75. The van der Waals surface area contributed by atoms with E-state index in [0.717, 1.165) is 0 Å². The predicted octanol–water partition coefficient (Wildman–Crippen LogP) is -1.57. The molecule has 0 fully saturated rings. The average molecular weight is 78.0 g/mol. The summed E-state index contributed by atoms with van der Waals surface area (Å²) in [6.07, 6.45) is 0. The fraction of sp³-hybridized carbons (Fsp3) is 0. The highest BCUT2D eigenvalue weighted by Gasteiger charge is 1.27. The van der Waals surface area contributed by atoms with E-state index in [1.165, 1.54) is 0 Å². The molecule has 5 nitrogen and oxygen atoms in total. The fourth-order valence-corrected chi connectivity index (χ4v) is 0. The Morgan fingerprint density at radius 2 is 1.60 bits per heavy atom. The van der Waals surface area contributed by atoms with Crippen molar-refractivity contribution in [3.8, 4) is 0 Å². The molecular formula is NO4. The Labute approximate surface area is 26.8 Å². The van der Waals surface area contributed by atoms with Crippen molar-refractivity contribution in [2.24, 2.45) is 0 Å². The second kappa shape index (κ2) is 0. The molecular weight excluding hydrogens is 78.0 g/mol. The number of hydrogen-bond acceptors (Lipinski definition) is 3. The van der Waals surface area contributed by atoms with Crippen molar-refractivity contribution in [3.63, 3.8) is 0 Å². The first kappa shape index (κ1) is 9.00. The minimum Gasteiger partial charge on any atom is -0.120 e. The van der Waals surface area contributed by atoms with E-state index in [1.807, 2.05) is 0 Å². The number of nitrogens with zero attached hydrogens (tertiary/aromatic N) is 1. The number of nitroso groups, excluding NO2 is 1. The van der Waals surface area contributed by atoms with Crippen LogP contribution in [0.4, 0.5) is 0 Å². The number of rotatable bonds is 0. The van der Waals surface area contributed by atoms with Crippen LogP contribution in [-0.4, -0.2) is 0 Å². The van der Waals surface area contributed by atoms with E-state index in [9.17, 15) is 0 Å². The largest absolute Gasteiger partial charge is 0.154 e. The van der Waals surface area contributed by atoms with Gasteiger partial charge in [0.1, 0.15) is 5.59 Å². The Morgan fingerprint density at radius 3 is 1.60 bits per heavy atom. The molecule has 0 N–H and O–H groups in total. The first-order chi connectivity index (χ1) is 2.41. The molecule has 0 aliphatic carbocycles. The van der Waals surface area contributed by atoms with Crippen molar-refractivity contribution < 1.29 is 5.26 Å². The zero-order valence-electron chi connectivity index (χ0n) is 2.08. The number of hydrogen-bond donors (Lipinski definition) is 0. The van der Waals surface area contributed by atoms with E-state index in [1.54, 1.807) is 4.75 Å². The van der Waals surface area contributed by atoms with E-state index in [-0.39, 0.29) is 0 Å². The zero-order chi connectivity index (χ0) is 4.71. The summed E-state index contributed by atoms with van der Waals surface area (Å²) in [7, 11) is 0. The second-order valence-corrected chi connectivity index (χ2v) is 0.0680. The van der Waals surface area contributed by atoms with Crippen LogP contribution in [0.15, 0.2) is 0 Å². The highest BCUT2D eigenvalue weighted by Crippen LogP contribution is 1.00. The van der Waals surface area contributed by atoms with Gasteiger partial charge in [-0.05, 0) is 0 Å². The second-order valence-electron chi connectivity index (χ2n) is 0.0680. The molecule has 0 bridgehead atoms. The maximum atomic E-state index is 7.88. The summed E-state index contributed by atoms with van der Waals surface area (Å²) in [4.78, 5) is 15.1. The van der Waals surface area contributed by atoms with Crippen molar-refractivity contribution >= 4 is 0 Å². The van der Waals surface area contributed by atoms with E-state index >= 15 is 0 Å². The van der Waals surface area contributed by atoms with Crippen LogP contribution in [0.2, 0.25) is 0 Å². The summed E-state index contributed by atoms with van der Waals surface area (Å²) in [5.74, 6) is 0. The minimum atomic E-state index is 1.75. The van der Waals surface area contributed by atoms with Gasteiger partial charge in [-0.25, -0.2) is 0 Å². The van der Waals surface area contributed by atoms with Crippen LogP contribution >= 0.6 is 0 Å². The van der Waals surface area contributed by atoms with Crippen LogP contribution in [0.3, 0.4) is 0 Å². The normalized spacial score (nSPS) is 3.20. The van der Waals surface area contributed by atoms with Crippen molar-refractivity contribution in [2.75, 3.05) is 0 Å². The summed E-state index contributed by atoms with van der Waals surface area (Å²) in [5, 5.41) is 7.88. The van der Waals surface area contributed by atoms with Crippen LogP contribution in [0.5, 0.6) is 0 Å². The van der Waals surface area contributed by atoms with E-state index in [2.05, 4.69) is 0 Å². The third-order valence-corrected chi connectivity index (χ3v) is 0. The van der Waals surface area contributed by atoms with Crippen molar-refractivity contribution in [3.05, 3.63) is 14.6 Å². The molecule has 0 spiro atoms. The molecule has 5 heavy (non-hydrogen) atoms. The lowest BCUT2D eigenvalue weighted by molar-refractivity contribution is -0.284. The fourth-order valence-electron chi connectivity index (χ4n) is 0. The molecule has 0 saturated heterocycles. The first-order valence-electron chi connectivity index (χ1n) is 0.516. The molecule has 0 aromatic heterocycles. The van der Waals surface area contributed by atoms with Crippen molar-refractivity contribution in [1.29, 1.82) is 0 Å². The molecule has 29 valence electrons. The van der Waals surface area contributed by atoms with E-state index in [0.29, 0.717) is 0 Å². The maximum absolute atomic E-state index is 7.88. The lowest BCUT2D eigenvalue weighted by atomic mass is 13.8. The van der Waals surface area contributed by atoms with Gasteiger partial charge in [0.05, 0.1) is 0 Å². The topological polar surface area (TPSA) is 90.8 Å². The predicted molar refractivity (Wildman–Crippen MR) is 12.2 cm³/mol. The quantitative estimate of drug-likeness (QED) is 0.199. The summed E-state index contributed by atoms with van der Waals surface area (Å²) in [6.45, 7) is 0. The standard InChI is InChI=1S/NO.O3/c1-2;1-3-2. The molecule has 0 heterocycles. The van der Waals surface area contributed by atoms with Gasteiger partial charge in [0.2, 0.25) is 0 Å². The van der Waals surface area contributed by atoms with Gasteiger partial charge < -0.3 is 0 Å². The molecule has 0 rings (SSSR count). The summed E-state index contributed by atoms with van der Waals surface area (Å²) >= 11 is 0. The van der Waals surface area contributed by atoms with Gasteiger partial charge in [0, 0.05) is 0 Å². The SMILES string of the molecule is O=[O+][O-].[N]=O. The van der Waals surface area contributed by atoms with Gasteiger partial charge >= 0.3 is 0 Å². The lowest BCUT2D eigenvalue weighted by Crippen LogP contribution is -1.82. The van der Waals surface area contributed by atoms with Crippen LogP contribution < -0.4 is 10.9 Å². The molecule has 5 heteroatoms. The molecule has 0 aromatic rings. The molecule has 1 radical (unpaired) electrons. The van der Waals surface area contributed by atoms with Crippen LogP contribution in [0, 0.1) is 14.6 Å². The Bertz CT molecular complexity index is 17.6. The molecule has 0 saturated carbocycles. The maximum Gasteiger partial charge on any atom is 0.154 e. The molecule has 0 aliphatic heterocycles. The average Bonchev–Trinajstić information content (AvgIpc) is 1.46. The Kier molecular flexibility index (Phi) is 0.